The summed E-state index contributed by atoms with van der Waals surface area (Å²) in [6.07, 6.45) is 0.628. The predicted molar refractivity (Wildman–Crippen MR) is 101 cm³/mol. The van der Waals surface area contributed by atoms with E-state index < -0.39 is 0 Å². The third-order valence-corrected chi connectivity index (χ3v) is 4.18. The van der Waals surface area contributed by atoms with E-state index in [9.17, 15) is 0 Å². The van der Waals surface area contributed by atoms with Gasteiger partial charge >= 0.3 is 0 Å². The van der Waals surface area contributed by atoms with E-state index in [-0.39, 0.29) is 11.6 Å². The highest BCUT2D eigenvalue weighted by Crippen LogP contribution is 2.24. The second kappa shape index (κ2) is 6.84. The molecule has 2 aromatic heterocycles. The summed E-state index contributed by atoms with van der Waals surface area (Å²) in [6.45, 7) is 8.46. The van der Waals surface area contributed by atoms with Crippen molar-refractivity contribution in [1.29, 1.82) is 0 Å². The normalized spacial score (nSPS) is 13.2. The molecular weight excluding hydrogens is 312 g/mol. The number of aryl methyl sites for hydroxylation is 1. The number of hydrogen-bond donors (Lipinski definition) is 1. The summed E-state index contributed by atoms with van der Waals surface area (Å²) in [4.78, 5) is 4.61. The van der Waals surface area contributed by atoms with Crippen molar-refractivity contribution in [1.82, 2.24) is 14.6 Å². The van der Waals surface area contributed by atoms with Crippen LogP contribution in [0.2, 0.25) is 0 Å². The number of nitrogens with one attached hydrogen (secondary N) is 1. The molecular formula is C20H26N4O. The fourth-order valence-corrected chi connectivity index (χ4v) is 2.76. The van der Waals surface area contributed by atoms with Crippen LogP contribution in [0.3, 0.4) is 0 Å². The molecule has 0 saturated carbocycles. The molecule has 1 N–H and O–H groups in total. The van der Waals surface area contributed by atoms with Crippen LogP contribution in [0.5, 0.6) is 0 Å². The van der Waals surface area contributed by atoms with Crippen LogP contribution >= 0.6 is 0 Å². The van der Waals surface area contributed by atoms with Crippen LogP contribution < -0.4 is 5.32 Å². The Labute approximate surface area is 149 Å². The number of nitrogens with zero attached hydrogens (tertiary/aromatic N) is 3. The molecule has 25 heavy (non-hydrogen) atoms. The first-order valence-corrected chi connectivity index (χ1v) is 8.58. The molecule has 0 aliphatic heterocycles. The number of methoxy groups -OCH3 is 1. The fourth-order valence-electron chi connectivity index (χ4n) is 2.76. The highest BCUT2D eigenvalue weighted by molar-refractivity contribution is 5.51. The number of hydrogen-bond acceptors (Lipinski definition) is 4. The average Bonchev–Trinajstić information content (AvgIpc) is 2.99. The second-order valence-electron chi connectivity index (χ2n) is 7.39. The first-order valence-electron chi connectivity index (χ1n) is 8.58. The van der Waals surface area contributed by atoms with E-state index in [0.717, 1.165) is 29.3 Å². The Hall–Kier alpha value is -2.40. The molecule has 5 heteroatoms. The molecule has 132 valence electrons. The molecule has 1 unspecified atom stereocenters. The van der Waals surface area contributed by atoms with Crippen molar-refractivity contribution in [2.45, 2.75) is 45.8 Å². The van der Waals surface area contributed by atoms with Crippen LogP contribution in [-0.2, 0) is 16.6 Å². The van der Waals surface area contributed by atoms with Gasteiger partial charge in [-0.05, 0) is 12.5 Å². The number of benzene rings is 1. The Morgan fingerprint density at radius 3 is 2.52 bits per heavy atom. The van der Waals surface area contributed by atoms with Gasteiger partial charge in [-0.15, -0.1) is 0 Å². The molecule has 0 radical (unpaired) electrons. The van der Waals surface area contributed by atoms with Crippen molar-refractivity contribution in [2.75, 3.05) is 12.4 Å². The Bertz CT molecular complexity index is 849. The van der Waals surface area contributed by atoms with Gasteiger partial charge in [-0.1, -0.05) is 51.1 Å². The smallest absolute Gasteiger partial charge is 0.157 e. The average molecular weight is 338 g/mol. The van der Waals surface area contributed by atoms with Gasteiger partial charge in [0.15, 0.2) is 5.65 Å². The van der Waals surface area contributed by atoms with Crippen LogP contribution in [0.15, 0.2) is 42.5 Å². The van der Waals surface area contributed by atoms with Crippen molar-refractivity contribution in [3.63, 3.8) is 0 Å². The standard InChI is InChI=1S/C20H26N4O/c1-14-11-17(22-19(25-5)12-15-9-7-6-8-10-15)24-18(21-14)13-16(23-24)20(2,3)4/h6-11,13,19,22H,12H2,1-5H3. The van der Waals surface area contributed by atoms with Crippen molar-refractivity contribution in [3.05, 3.63) is 59.4 Å². The molecule has 0 bridgehead atoms. The maximum atomic E-state index is 5.65. The summed E-state index contributed by atoms with van der Waals surface area (Å²) in [5.74, 6) is 0.890. The number of fused-ring (bicyclic) bond motifs is 1. The lowest BCUT2D eigenvalue weighted by Crippen LogP contribution is -2.26. The molecule has 2 heterocycles. The summed E-state index contributed by atoms with van der Waals surface area (Å²) in [5.41, 5.74) is 4.01. The molecule has 5 nitrogen and oxygen atoms in total. The number of ether oxygens (including phenoxy) is 1. The molecule has 1 atom stereocenters. The van der Waals surface area contributed by atoms with Crippen LogP contribution in [-0.4, -0.2) is 27.9 Å². The minimum atomic E-state index is -0.144. The SMILES string of the molecule is COC(Cc1ccccc1)Nc1cc(C)nc2cc(C(C)(C)C)nn12. The second-order valence-corrected chi connectivity index (χ2v) is 7.39. The maximum Gasteiger partial charge on any atom is 0.157 e. The van der Waals surface area contributed by atoms with Crippen LogP contribution in [0.25, 0.3) is 5.65 Å². The highest BCUT2D eigenvalue weighted by Gasteiger charge is 2.20. The Kier molecular flexibility index (Phi) is 4.77. The zero-order chi connectivity index (χ0) is 18.0. The monoisotopic (exact) mass is 338 g/mol. The van der Waals surface area contributed by atoms with E-state index >= 15 is 0 Å². The van der Waals surface area contributed by atoms with Crippen molar-refractivity contribution < 1.29 is 4.74 Å². The third kappa shape index (κ3) is 3.99. The van der Waals surface area contributed by atoms with E-state index in [2.05, 4.69) is 49.3 Å². The summed E-state index contributed by atoms with van der Waals surface area (Å²) < 4.78 is 7.51. The Morgan fingerprint density at radius 1 is 1.16 bits per heavy atom. The molecule has 0 spiro atoms. The zero-order valence-corrected chi connectivity index (χ0v) is 15.6. The van der Waals surface area contributed by atoms with Gasteiger partial charge in [0, 0.05) is 36.8 Å². The maximum absolute atomic E-state index is 5.65. The lowest BCUT2D eigenvalue weighted by Gasteiger charge is -2.19. The molecule has 3 aromatic rings. The van der Waals surface area contributed by atoms with Gasteiger partial charge in [0.25, 0.3) is 0 Å². The van der Waals surface area contributed by atoms with Crippen molar-refractivity contribution in [2.24, 2.45) is 0 Å². The molecule has 0 saturated heterocycles. The fraction of sp³-hybridized carbons (Fsp3) is 0.400. The summed E-state index contributed by atoms with van der Waals surface area (Å²) >= 11 is 0. The Morgan fingerprint density at radius 2 is 1.88 bits per heavy atom. The predicted octanol–water partition coefficient (Wildman–Crippen LogP) is 3.96. The zero-order valence-electron chi connectivity index (χ0n) is 15.6. The molecule has 1 aromatic carbocycles. The van der Waals surface area contributed by atoms with E-state index in [1.807, 2.05) is 35.7 Å². The molecule has 0 fully saturated rings. The van der Waals surface area contributed by atoms with E-state index in [1.165, 1.54) is 5.56 Å². The minimum absolute atomic E-state index is 0.0242. The number of anilines is 1. The minimum Gasteiger partial charge on any atom is -0.361 e. The van der Waals surface area contributed by atoms with E-state index in [1.54, 1.807) is 7.11 Å². The van der Waals surface area contributed by atoms with Crippen LogP contribution in [0, 0.1) is 6.92 Å². The Balaban J connectivity index is 1.92. The lowest BCUT2D eigenvalue weighted by molar-refractivity contribution is 0.125. The third-order valence-electron chi connectivity index (χ3n) is 4.18. The molecule has 3 rings (SSSR count). The van der Waals surface area contributed by atoms with Gasteiger partial charge in [-0.3, -0.25) is 0 Å². The van der Waals surface area contributed by atoms with Gasteiger partial charge < -0.3 is 10.1 Å². The van der Waals surface area contributed by atoms with Gasteiger partial charge in [-0.25, -0.2) is 4.98 Å². The number of rotatable bonds is 5. The molecule has 0 aliphatic carbocycles. The quantitative estimate of drug-likeness (QED) is 0.715. The first-order chi connectivity index (χ1) is 11.9. The summed E-state index contributed by atoms with van der Waals surface area (Å²) in [5, 5.41) is 8.22. The molecule has 0 amide bonds. The van der Waals surface area contributed by atoms with E-state index in [0.29, 0.717) is 0 Å². The van der Waals surface area contributed by atoms with Crippen LogP contribution in [0.4, 0.5) is 5.82 Å². The highest BCUT2D eigenvalue weighted by atomic mass is 16.5. The summed E-state index contributed by atoms with van der Waals surface area (Å²) in [7, 11) is 1.72. The largest absolute Gasteiger partial charge is 0.361 e. The van der Waals surface area contributed by atoms with E-state index in [4.69, 9.17) is 9.84 Å². The lowest BCUT2D eigenvalue weighted by atomic mass is 9.93. The van der Waals surface area contributed by atoms with Crippen molar-refractivity contribution in [3.8, 4) is 0 Å². The number of aromatic nitrogens is 3. The van der Waals surface area contributed by atoms with Crippen LogP contribution in [0.1, 0.15) is 37.7 Å². The first kappa shape index (κ1) is 17.4. The van der Waals surface area contributed by atoms with Gasteiger partial charge in [0.05, 0.1) is 5.69 Å². The van der Waals surface area contributed by atoms with Gasteiger partial charge in [0.1, 0.15) is 12.0 Å². The van der Waals surface area contributed by atoms with Gasteiger partial charge in [0.2, 0.25) is 0 Å². The molecule has 0 aliphatic rings. The topological polar surface area (TPSA) is 51.5 Å². The van der Waals surface area contributed by atoms with Crippen molar-refractivity contribution >= 4 is 11.5 Å². The summed E-state index contributed by atoms with van der Waals surface area (Å²) in [6, 6.07) is 14.4. The van der Waals surface area contributed by atoms with Gasteiger partial charge in [-0.2, -0.15) is 9.61 Å².